The van der Waals surface area contributed by atoms with Crippen LogP contribution in [0.4, 0.5) is 11.5 Å². The quantitative estimate of drug-likeness (QED) is 0.310. The number of anilines is 2. The van der Waals surface area contributed by atoms with E-state index < -0.39 is 16.8 Å². The first-order valence-electron chi connectivity index (χ1n) is 10.7. The second-order valence-corrected chi connectivity index (χ2v) is 11.3. The maximum absolute atomic E-state index is 9.74. The first-order valence-corrected chi connectivity index (χ1v) is 13.9. The lowest BCUT2D eigenvalue weighted by atomic mass is 10.0. The van der Waals surface area contributed by atoms with Crippen LogP contribution >= 0.6 is 28.4 Å². The van der Waals surface area contributed by atoms with Crippen LogP contribution in [0.1, 0.15) is 30.1 Å². The van der Waals surface area contributed by atoms with Gasteiger partial charge in [0, 0.05) is 17.6 Å². The lowest BCUT2D eigenvalue weighted by Gasteiger charge is -2.21. The van der Waals surface area contributed by atoms with Gasteiger partial charge < -0.3 is 28.8 Å². The van der Waals surface area contributed by atoms with Crippen LogP contribution in [-0.2, 0) is 15.7 Å². The zero-order valence-corrected chi connectivity index (χ0v) is 20.3. The number of hydrogen-bond donors (Lipinski definition) is 3. The third kappa shape index (κ3) is 5.14. The molecular formula is C22H24ClN3O5P2. The fourth-order valence-electron chi connectivity index (χ4n) is 4.46. The second-order valence-electron chi connectivity index (χ2n) is 8.11. The van der Waals surface area contributed by atoms with Crippen LogP contribution in [0.5, 0.6) is 0 Å². The Labute approximate surface area is 199 Å². The Morgan fingerprint density at radius 2 is 1.97 bits per heavy atom. The fourth-order valence-corrected chi connectivity index (χ4v) is 6.16. The molecule has 3 unspecified atom stereocenters. The van der Waals surface area contributed by atoms with Crippen LogP contribution in [0.15, 0.2) is 42.5 Å². The SMILES string of the molecule is OP(O)CP(O)OCC1CCC(c2ccc3c(N4CCc5ccccc54)nc(Cl)nc3c2)O1. The van der Waals surface area contributed by atoms with Gasteiger partial charge in [-0.25, -0.2) is 4.98 Å². The summed E-state index contributed by atoms with van der Waals surface area (Å²) in [6.07, 6.45) is 2.31. The van der Waals surface area contributed by atoms with Crippen molar-refractivity contribution in [2.45, 2.75) is 31.5 Å². The highest BCUT2D eigenvalue weighted by atomic mass is 35.5. The molecule has 33 heavy (non-hydrogen) atoms. The number of para-hydroxylation sites is 1. The predicted octanol–water partition coefficient (Wildman–Crippen LogP) is 4.77. The van der Waals surface area contributed by atoms with Crippen LogP contribution in [-0.4, -0.2) is 49.8 Å². The first kappa shape index (κ1) is 23.3. The van der Waals surface area contributed by atoms with Crippen LogP contribution in [0.3, 0.4) is 0 Å². The zero-order chi connectivity index (χ0) is 22.9. The van der Waals surface area contributed by atoms with E-state index in [4.69, 9.17) is 30.6 Å². The summed E-state index contributed by atoms with van der Waals surface area (Å²) in [6.45, 7) is 1.07. The summed E-state index contributed by atoms with van der Waals surface area (Å²) in [5, 5.41) is 1.15. The van der Waals surface area contributed by atoms with Crippen molar-refractivity contribution >= 4 is 50.8 Å². The predicted molar refractivity (Wildman–Crippen MR) is 130 cm³/mol. The summed E-state index contributed by atoms with van der Waals surface area (Å²) in [5.41, 5.74) is 4.23. The van der Waals surface area contributed by atoms with Gasteiger partial charge in [-0.05, 0) is 60.2 Å². The smallest absolute Gasteiger partial charge is 0.224 e. The maximum Gasteiger partial charge on any atom is 0.224 e. The minimum atomic E-state index is -2.16. The molecule has 3 N–H and O–H groups in total. The number of hydrogen-bond acceptors (Lipinski definition) is 8. The second kappa shape index (κ2) is 10.0. The van der Waals surface area contributed by atoms with E-state index >= 15 is 0 Å². The molecule has 0 amide bonds. The third-order valence-electron chi connectivity index (χ3n) is 5.95. The van der Waals surface area contributed by atoms with Gasteiger partial charge in [-0.1, -0.05) is 24.3 Å². The minimum absolute atomic E-state index is 0.106. The summed E-state index contributed by atoms with van der Waals surface area (Å²) in [4.78, 5) is 38.9. The van der Waals surface area contributed by atoms with Crippen LogP contribution in [0, 0.1) is 0 Å². The van der Waals surface area contributed by atoms with Crippen molar-refractivity contribution in [1.82, 2.24) is 9.97 Å². The van der Waals surface area contributed by atoms with E-state index in [2.05, 4.69) is 33.1 Å². The number of aromatic nitrogens is 2. The monoisotopic (exact) mass is 507 g/mol. The number of rotatable bonds is 7. The van der Waals surface area contributed by atoms with Crippen LogP contribution in [0.2, 0.25) is 5.28 Å². The molecule has 1 aromatic heterocycles. The molecule has 0 aliphatic carbocycles. The summed E-state index contributed by atoms with van der Waals surface area (Å²) in [6, 6.07) is 14.4. The normalized spacial score (nSPS) is 21.2. The van der Waals surface area contributed by atoms with Gasteiger partial charge in [0.1, 0.15) is 5.82 Å². The Bertz CT molecular complexity index is 1150. The van der Waals surface area contributed by atoms with E-state index in [0.29, 0.717) is 0 Å². The summed E-state index contributed by atoms with van der Waals surface area (Å²) in [5.74, 6) is 0.680. The highest BCUT2D eigenvalue weighted by molar-refractivity contribution is 7.63. The standard InChI is InChI=1S/C22H24ClN3O5P2/c23-22-24-18-11-15(20-8-6-16(31-20)12-30-33(29)13-32(27)28)5-7-17(18)21(25-22)26-10-9-14-3-1-2-4-19(14)26/h1-5,7,11,16,20,27-29H,6,8-10,12-13H2. The molecule has 2 aliphatic rings. The molecule has 0 saturated carbocycles. The van der Waals surface area contributed by atoms with Crippen molar-refractivity contribution < 1.29 is 23.9 Å². The number of halogens is 1. The van der Waals surface area contributed by atoms with E-state index in [9.17, 15) is 4.89 Å². The van der Waals surface area contributed by atoms with Crippen LogP contribution < -0.4 is 4.90 Å². The Morgan fingerprint density at radius 1 is 1.12 bits per heavy atom. The molecule has 0 spiro atoms. The van der Waals surface area contributed by atoms with Gasteiger partial charge in [0.05, 0.1) is 30.2 Å². The fraction of sp³-hybridized carbons (Fsp3) is 0.364. The van der Waals surface area contributed by atoms with E-state index in [1.165, 1.54) is 5.56 Å². The number of fused-ring (bicyclic) bond motifs is 2. The maximum atomic E-state index is 9.74. The van der Waals surface area contributed by atoms with Crippen molar-refractivity contribution in [3.05, 3.63) is 58.9 Å². The zero-order valence-electron chi connectivity index (χ0n) is 17.7. The number of benzene rings is 2. The Morgan fingerprint density at radius 3 is 2.82 bits per heavy atom. The molecule has 11 heteroatoms. The lowest BCUT2D eigenvalue weighted by molar-refractivity contribution is 0.0178. The van der Waals surface area contributed by atoms with Gasteiger partial charge in [0.2, 0.25) is 5.28 Å². The van der Waals surface area contributed by atoms with Crippen molar-refractivity contribution in [3.8, 4) is 0 Å². The molecule has 2 aliphatic heterocycles. The van der Waals surface area contributed by atoms with Gasteiger partial charge in [-0.15, -0.1) is 0 Å². The van der Waals surface area contributed by atoms with E-state index in [0.717, 1.165) is 53.8 Å². The lowest BCUT2D eigenvalue weighted by Crippen LogP contribution is -2.16. The van der Waals surface area contributed by atoms with E-state index in [1.54, 1.807) is 0 Å². The van der Waals surface area contributed by atoms with Gasteiger partial charge in [0.15, 0.2) is 16.8 Å². The summed E-state index contributed by atoms with van der Waals surface area (Å²) < 4.78 is 11.5. The van der Waals surface area contributed by atoms with E-state index in [1.807, 2.05) is 24.3 Å². The van der Waals surface area contributed by atoms with Crippen molar-refractivity contribution in [2.24, 2.45) is 0 Å². The largest absolute Gasteiger partial charge is 0.368 e. The summed E-state index contributed by atoms with van der Waals surface area (Å²) in [7, 11) is -4.01. The molecule has 0 bridgehead atoms. The molecule has 8 nitrogen and oxygen atoms in total. The molecule has 174 valence electrons. The van der Waals surface area contributed by atoms with Gasteiger partial charge in [-0.3, -0.25) is 0 Å². The highest BCUT2D eigenvalue weighted by Crippen LogP contribution is 2.45. The van der Waals surface area contributed by atoms with Gasteiger partial charge in [-0.2, -0.15) is 4.98 Å². The Kier molecular flexibility index (Phi) is 7.07. The number of ether oxygens (including phenoxy) is 1. The minimum Gasteiger partial charge on any atom is -0.368 e. The first-order chi connectivity index (χ1) is 16.0. The van der Waals surface area contributed by atoms with Crippen molar-refractivity contribution in [2.75, 3.05) is 24.0 Å². The molecule has 3 aromatic rings. The average molecular weight is 508 g/mol. The van der Waals surface area contributed by atoms with Gasteiger partial charge >= 0.3 is 0 Å². The highest BCUT2D eigenvalue weighted by Gasteiger charge is 2.29. The Hall–Kier alpha value is -1.47. The molecular weight excluding hydrogens is 484 g/mol. The Balaban J connectivity index is 1.34. The topological polar surface area (TPSA) is 108 Å². The van der Waals surface area contributed by atoms with Crippen molar-refractivity contribution in [3.63, 3.8) is 0 Å². The van der Waals surface area contributed by atoms with Crippen LogP contribution in [0.25, 0.3) is 10.9 Å². The molecule has 3 atom stereocenters. The molecule has 2 aromatic carbocycles. The third-order valence-corrected chi connectivity index (χ3v) is 8.55. The molecule has 5 rings (SSSR count). The van der Waals surface area contributed by atoms with Gasteiger partial charge in [0.25, 0.3) is 0 Å². The molecule has 1 saturated heterocycles. The van der Waals surface area contributed by atoms with Crippen molar-refractivity contribution in [1.29, 1.82) is 0 Å². The molecule has 3 heterocycles. The molecule has 1 fully saturated rings. The summed E-state index contributed by atoms with van der Waals surface area (Å²) >= 11 is 6.32. The average Bonchev–Trinajstić information content (AvgIpc) is 3.43. The number of nitrogens with zero attached hydrogens (tertiary/aromatic N) is 3. The molecule has 0 radical (unpaired) electrons. The van der Waals surface area contributed by atoms with E-state index in [-0.39, 0.29) is 30.0 Å².